The minimum atomic E-state index is -0.134. The van der Waals surface area contributed by atoms with Crippen LogP contribution in [0, 0.1) is 5.92 Å². The fourth-order valence-electron chi connectivity index (χ4n) is 1.18. The molecule has 0 aromatic heterocycles. The molecule has 0 aromatic rings. The molecule has 0 radical (unpaired) electrons. The van der Waals surface area contributed by atoms with E-state index in [4.69, 9.17) is 0 Å². The lowest BCUT2D eigenvalue weighted by Crippen LogP contribution is -2.44. The van der Waals surface area contributed by atoms with Gasteiger partial charge in [0.15, 0.2) is 0 Å². The zero-order valence-electron chi connectivity index (χ0n) is 7.19. The molecular formula is C9H14FN. The Bertz CT molecular complexity index is 208. The molecule has 2 atom stereocenters. The first kappa shape index (κ1) is 8.47. The first-order chi connectivity index (χ1) is 5.08. The predicted octanol–water partition coefficient (Wildman–Crippen LogP) is 2.02. The third-order valence-electron chi connectivity index (χ3n) is 2.48. The number of likely N-dealkylation sites (N-methyl/N-ethyl adjacent to an activating group) is 1. The van der Waals surface area contributed by atoms with Crippen molar-refractivity contribution in [1.82, 2.24) is 5.32 Å². The van der Waals surface area contributed by atoms with Gasteiger partial charge in [0.05, 0.1) is 0 Å². The van der Waals surface area contributed by atoms with E-state index in [1.807, 2.05) is 20.0 Å². The normalized spacial score (nSPS) is 37.1. The Balaban J connectivity index is 2.84. The smallest absolute Gasteiger partial charge is 0.119 e. The lowest BCUT2D eigenvalue weighted by molar-refractivity contribution is 0.371. The van der Waals surface area contributed by atoms with E-state index in [-0.39, 0.29) is 17.3 Å². The van der Waals surface area contributed by atoms with Crippen molar-refractivity contribution < 1.29 is 4.39 Å². The van der Waals surface area contributed by atoms with Gasteiger partial charge in [-0.15, -0.1) is 0 Å². The lowest BCUT2D eigenvalue weighted by Gasteiger charge is -2.32. The number of nitrogens with one attached hydrogen (secondary N) is 1. The third kappa shape index (κ3) is 1.51. The van der Waals surface area contributed by atoms with Crippen LogP contribution in [-0.2, 0) is 0 Å². The maximum Gasteiger partial charge on any atom is 0.119 e. The molecule has 11 heavy (non-hydrogen) atoms. The lowest BCUT2D eigenvalue weighted by atomic mass is 9.83. The van der Waals surface area contributed by atoms with E-state index in [1.165, 1.54) is 6.08 Å². The number of rotatable bonds is 1. The quantitative estimate of drug-likeness (QED) is 0.611. The summed E-state index contributed by atoms with van der Waals surface area (Å²) in [5.41, 5.74) is -0.0877. The molecule has 2 heteroatoms. The number of hydrogen-bond acceptors (Lipinski definition) is 1. The fraction of sp³-hybridized carbons (Fsp3) is 0.556. The maximum absolute atomic E-state index is 12.7. The topological polar surface area (TPSA) is 12.0 Å². The summed E-state index contributed by atoms with van der Waals surface area (Å²) < 4.78 is 12.7. The van der Waals surface area contributed by atoms with Crippen LogP contribution in [0.15, 0.2) is 24.1 Å². The van der Waals surface area contributed by atoms with E-state index >= 15 is 0 Å². The molecule has 1 aliphatic carbocycles. The van der Waals surface area contributed by atoms with Crippen molar-refractivity contribution in [3.63, 3.8) is 0 Å². The minimum Gasteiger partial charge on any atom is -0.311 e. The summed E-state index contributed by atoms with van der Waals surface area (Å²) in [5, 5.41) is 3.15. The van der Waals surface area contributed by atoms with Crippen molar-refractivity contribution in [3.05, 3.63) is 24.1 Å². The molecule has 0 amide bonds. The first-order valence-electron chi connectivity index (χ1n) is 3.84. The molecule has 0 saturated heterocycles. The highest BCUT2D eigenvalue weighted by molar-refractivity contribution is 5.26. The van der Waals surface area contributed by atoms with Crippen molar-refractivity contribution in [2.24, 2.45) is 5.92 Å². The van der Waals surface area contributed by atoms with Crippen molar-refractivity contribution in [2.45, 2.75) is 19.4 Å². The second-order valence-electron chi connectivity index (χ2n) is 3.21. The standard InChI is InChI=1S/C9H14FN/c1-7-6-8(10)4-5-9(7,2)11-3/h4-7,11H,1-3H3/t7-,9?/m0/s1. The van der Waals surface area contributed by atoms with E-state index in [2.05, 4.69) is 12.2 Å². The number of hydrogen-bond donors (Lipinski definition) is 1. The average Bonchev–Trinajstić information content (AvgIpc) is 1.98. The molecule has 1 nitrogen and oxygen atoms in total. The molecule has 1 N–H and O–H groups in total. The molecule has 1 aliphatic rings. The van der Waals surface area contributed by atoms with Gasteiger partial charge in [-0.05, 0) is 32.0 Å². The third-order valence-corrected chi connectivity index (χ3v) is 2.48. The first-order valence-corrected chi connectivity index (χ1v) is 3.84. The zero-order valence-corrected chi connectivity index (χ0v) is 7.19. The van der Waals surface area contributed by atoms with E-state index in [0.29, 0.717) is 0 Å². The Hall–Kier alpha value is -0.630. The molecule has 1 rings (SSSR count). The molecule has 0 spiro atoms. The van der Waals surface area contributed by atoms with Gasteiger partial charge < -0.3 is 5.32 Å². The molecule has 0 saturated carbocycles. The van der Waals surface area contributed by atoms with Crippen LogP contribution in [0.25, 0.3) is 0 Å². The van der Waals surface area contributed by atoms with Crippen LogP contribution < -0.4 is 5.32 Å². The van der Waals surface area contributed by atoms with Gasteiger partial charge in [-0.1, -0.05) is 13.0 Å². The van der Waals surface area contributed by atoms with Crippen LogP contribution in [0.4, 0.5) is 4.39 Å². The Kier molecular flexibility index (Phi) is 2.14. The minimum absolute atomic E-state index is 0.0877. The van der Waals surface area contributed by atoms with Crippen LogP contribution in [0.5, 0.6) is 0 Å². The second-order valence-corrected chi connectivity index (χ2v) is 3.21. The molecule has 0 aromatic carbocycles. The predicted molar refractivity (Wildman–Crippen MR) is 45.0 cm³/mol. The SMILES string of the molecule is CNC1(C)C=CC(F)=C[C@@H]1C. The van der Waals surface area contributed by atoms with Gasteiger partial charge >= 0.3 is 0 Å². The molecule has 0 bridgehead atoms. The number of halogens is 1. The Morgan fingerprint density at radius 1 is 1.64 bits per heavy atom. The van der Waals surface area contributed by atoms with Crippen LogP contribution in [-0.4, -0.2) is 12.6 Å². The van der Waals surface area contributed by atoms with E-state index in [0.717, 1.165) is 0 Å². The van der Waals surface area contributed by atoms with Gasteiger partial charge in [0.2, 0.25) is 0 Å². The summed E-state index contributed by atoms with van der Waals surface area (Å²) in [6, 6.07) is 0. The average molecular weight is 155 g/mol. The van der Waals surface area contributed by atoms with Gasteiger partial charge in [-0.3, -0.25) is 0 Å². The Morgan fingerprint density at radius 3 is 2.73 bits per heavy atom. The van der Waals surface area contributed by atoms with Crippen molar-refractivity contribution >= 4 is 0 Å². The summed E-state index contributed by atoms with van der Waals surface area (Å²) >= 11 is 0. The van der Waals surface area contributed by atoms with Gasteiger partial charge in [0, 0.05) is 5.54 Å². The highest BCUT2D eigenvalue weighted by Gasteiger charge is 2.27. The molecule has 0 aliphatic heterocycles. The molecule has 0 heterocycles. The summed E-state index contributed by atoms with van der Waals surface area (Å²) in [5.74, 6) is 0.0720. The van der Waals surface area contributed by atoms with Gasteiger partial charge in [-0.25, -0.2) is 4.39 Å². The Morgan fingerprint density at radius 2 is 2.27 bits per heavy atom. The highest BCUT2D eigenvalue weighted by atomic mass is 19.1. The molecular weight excluding hydrogens is 141 g/mol. The second kappa shape index (κ2) is 2.78. The van der Waals surface area contributed by atoms with Crippen LogP contribution in [0.3, 0.4) is 0 Å². The van der Waals surface area contributed by atoms with Crippen molar-refractivity contribution in [3.8, 4) is 0 Å². The van der Waals surface area contributed by atoms with E-state index in [1.54, 1.807) is 6.08 Å². The molecule has 0 fully saturated rings. The van der Waals surface area contributed by atoms with Crippen LogP contribution in [0.1, 0.15) is 13.8 Å². The van der Waals surface area contributed by atoms with E-state index in [9.17, 15) is 4.39 Å². The summed E-state index contributed by atoms with van der Waals surface area (Å²) in [6.07, 6.45) is 5.01. The van der Waals surface area contributed by atoms with Gasteiger partial charge in [0.1, 0.15) is 5.83 Å². The maximum atomic E-state index is 12.7. The summed E-state index contributed by atoms with van der Waals surface area (Å²) in [6.45, 7) is 4.05. The zero-order chi connectivity index (χ0) is 8.48. The van der Waals surface area contributed by atoms with Crippen molar-refractivity contribution in [2.75, 3.05) is 7.05 Å². The fourth-order valence-corrected chi connectivity index (χ4v) is 1.18. The molecule has 1 unspecified atom stereocenters. The summed E-state index contributed by atoms with van der Waals surface area (Å²) in [7, 11) is 1.89. The van der Waals surface area contributed by atoms with Crippen LogP contribution >= 0.6 is 0 Å². The van der Waals surface area contributed by atoms with Gasteiger partial charge in [-0.2, -0.15) is 0 Å². The van der Waals surface area contributed by atoms with Crippen molar-refractivity contribution in [1.29, 1.82) is 0 Å². The molecule has 62 valence electrons. The highest BCUT2D eigenvalue weighted by Crippen LogP contribution is 2.26. The van der Waals surface area contributed by atoms with Crippen LogP contribution in [0.2, 0.25) is 0 Å². The largest absolute Gasteiger partial charge is 0.311 e. The van der Waals surface area contributed by atoms with Gasteiger partial charge in [0.25, 0.3) is 0 Å². The summed E-state index contributed by atoms with van der Waals surface area (Å²) in [4.78, 5) is 0. The number of allylic oxidation sites excluding steroid dienone is 2. The van der Waals surface area contributed by atoms with E-state index < -0.39 is 0 Å². The Labute approximate surface area is 67.0 Å². The monoisotopic (exact) mass is 155 g/mol.